The lowest BCUT2D eigenvalue weighted by Gasteiger charge is -2.22. The molecule has 0 unspecified atom stereocenters. The van der Waals surface area contributed by atoms with E-state index < -0.39 is 18.0 Å². The van der Waals surface area contributed by atoms with Crippen molar-refractivity contribution in [3.63, 3.8) is 0 Å². The molecular weight excluding hydrogens is 253 g/mol. The fraction of sp³-hybridized carbons (Fsp3) is 0.571. The maximum absolute atomic E-state index is 14.0. The molecule has 1 rings (SSSR count). The summed E-state index contributed by atoms with van der Waals surface area (Å²) in [5.41, 5.74) is 6.62. The van der Waals surface area contributed by atoms with Crippen LogP contribution in [0.3, 0.4) is 0 Å². The van der Waals surface area contributed by atoms with Gasteiger partial charge < -0.3 is 10.8 Å². The molecule has 0 amide bonds. The highest BCUT2D eigenvalue weighted by molar-refractivity contribution is 6.31. The molecule has 4 heteroatoms. The Morgan fingerprint density at radius 3 is 2.50 bits per heavy atom. The summed E-state index contributed by atoms with van der Waals surface area (Å²) < 4.78 is 14.0. The second kappa shape index (κ2) is 6.50. The molecule has 0 saturated heterocycles. The van der Waals surface area contributed by atoms with Crippen LogP contribution in [0.15, 0.2) is 12.1 Å². The van der Waals surface area contributed by atoms with Gasteiger partial charge in [-0.3, -0.25) is 0 Å². The zero-order valence-electron chi connectivity index (χ0n) is 11.1. The van der Waals surface area contributed by atoms with Crippen molar-refractivity contribution in [2.75, 3.05) is 0 Å². The number of aliphatic hydroxyl groups excluding tert-OH is 1. The molecule has 0 aliphatic carbocycles. The number of halogens is 2. The number of hydrogen-bond acceptors (Lipinski definition) is 2. The van der Waals surface area contributed by atoms with Crippen LogP contribution in [0.4, 0.5) is 4.39 Å². The largest absolute Gasteiger partial charge is 0.391 e. The van der Waals surface area contributed by atoms with Crippen molar-refractivity contribution in [3.05, 3.63) is 34.1 Å². The number of aryl methyl sites for hydroxylation is 1. The van der Waals surface area contributed by atoms with Crippen molar-refractivity contribution in [3.8, 4) is 0 Å². The molecule has 102 valence electrons. The third-order valence-electron chi connectivity index (χ3n) is 3.11. The number of rotatable bonds is 5. The highest BCUT2D eigenvalue weighted by atomic mass is 35.5. The van der Waals surface area contributed by atoms with Gasteiger partial charge >= 0.3 is 0 Å². The normalized spacial score (nSPS) is 14.9. The van der Waals surface area contributed by atoms with E-state index in [0.717, 1.165) is 6.42 Å². The average molecular weight is 274 g/mol. The van der Waals surface area contributed by atoms with Crippen molar-refractivity contribution in [1.29, 1.82) is 0 Å². The third kappa shape index (κ3) is 3.67. The Morgan fingerprint density at radius 1 is 1.33 bits per heavy atom. The molecule has 0 aliphatic rings. The SMILES string of the molecule is Cc1ccc(Cl)c([C@H](N)[C@H](O)CCC(C)C)c1F. The molecular formula is C14H21ClFNO. The van der Waals surface area contributed by atoms with Crippen molar-refractivity contribution in [2.45, 2.75) is 45.8 Å². The maximum Gasteiger partial charge on any atom is 0.132 e. The van der Waals surface area contributed by atoms with E-state index in [-0.39, 0.29) is 10.6 Å². The molecule has 18 heavy (non-hydrogen) atoms. The van der Waals surface area contributed by atoms with Crippen LogP contribution in [0.1, 0.15) is 43.9 Å². The van der Waals surface area contributed by atoms with Gasteiger partial charge in [0.15, 0.2) is 0 Å². The summed E-state index contributed by atoms with van der Waals surface area (Å²) in [5, 5.41) is 10.3. The minimum absolute atomic E-state index is 0.216. The molecule has 1 aromatic rings. The summed E-state index contributed by atoms with van der Waals surface area (Å²) in [4.78, 5) is 0. The lowest BCUT2D eigenvalue weighted by atomic mass is 9.94. The Morgan fingerprint density at radius 2 is 1.94 bits per heavy atom. The Bertz CT molecular complexity index is 409. The lowest BCUT2D eigenvalue weighted by Crippen LogP contribution is -2.28. The van der Waals surface area contributed by atoms with Crippen molar-refractivity contribution < 1.29 is 9.50 Å². The smallest absolute Gasteiger partial charge is 0.132 e. The van der Waals surface area contributed by atoms with Gasteiger partial charge in [0.25, 0.3) is 0 Å². The molecule has 2 atom stereocenters. The monoisotopic (exact) mass is 273 g/mol. The van der Waals surface area contributed by atoms with Crippen LogP contribution in [0.2, 0.25) is 5.02 Å². The molecule has 0 aliphatic heterocycles. The van der Waals surface area contributed by atoms with Gasteiger partial charge in [0.1, 0.15) is 5.82 Å². The second-order valence-corrected chi connectivity index (χ2v) is 5.56. The van der Waals surface area contributed by atoms with Gasteiger partial charge in [0, 0.05) is 10.6 Å². The van der Waals surface area contributed by atoms with Gasteiger partial charge in [-0.15, -0.1) is 0 Å². The topological polar surface area (TPSA) is 46.2 Å². The summed E-state index contributed by atoms with van der Waals surface area (Å²) in [7, 11) is 0. The highest BCUT2D eigenvalue weighted by Gasteiger charge is 2.23. The summed E-state index contributed by atoms with van der Waals surface area (Å²) in [6, 6.07) is 2.44. The number of hydrogen-bond donors (Lipinski definition) is 2. The predicted octanol–water partition coefficient (Wildman–Crippen LogP) is 3.58. The van der Waals surface area contributed by atoms with E-state index in [0.29, 0.717) is 17.9 Å². The number of aliphatic hydroxyl groups is 1. The van der Waals surface area contributed by atoms with Crippen LogP contribution in [-0.4, -0.2) is 11.2 Å². The first kappa shape index (κ1) is 15.4. The average Bonchev–Trinajstić information content (AvgIpc) is 2.31. The van der Waals surface area contributed by atoms with Gasteiger partial charge in [0.05, 0.1) is 12.1 Å². The first-order chi connectivity index (χ1) is 8.34. The van der Waals surface area contributed by atoms with Crippen molar-refractivity contribution in [2.24, 2.45) is 11.7 Å². The van der Waals surface area contributed by atoms with E-state index >= 15 is 0 Å². The number of nitrogens with two attached hydrogens (primary N) is 1. The fourth-order valence-corrected chi connectivity index (χ4v) is 2.13. The maximum atomic E-state index is 14.0. The van der Waals surface area contributed by atoms with E-state index in [1.165, 1.54) is 0 Å². The summed E-state index contributed by atoms with van der Waals surface area (Å²) >= 11 is 5.97. The molecule has 0 bridgehead atoms. The quantitative estimate of drug-likeness (QED) is 0.861. The van der Waals surface area contributed by atoms with Crippen LogP contribution in [-0.2, 0) is 0 Å². The molecule has 0 heterocycles. The standard InChI is InChI=1S/C14H21ClFNO/c1-8(2)4-7-11(18)14(17)12-10(15)6-5-9(3)13(12)16/h5-6,8,11,14,18H,4,7,17H2,1-3H3/t11-,14-/m1/s1. The van der Waals surface area contributed by atoms with E-state index in [9.17, 15) is 9.50 Å². The third-order valence-corrected chi connectivity index (χ3v) is 3.44. The van der Waals surface area contributed by atoms with Crippen LogP contribution >= 0.6 is 11.6 Å². The Balaban J connectivity index is 2.89. The Hall–Kier alpha value is -0.640. The van der Waals surface area contributed by atoms with Gasteiger partial charge in [-0.2, -0.15) is 0 Å². The Kier molecular flexibility index (Phi) is 5.57. The summed E-state index contributed by atoms with van der Waals surface area (Å²) in [6.45, 7) is 5.79. The molecule has 2 nitrogen and oxygen atoms in total. The molecule has 0 fully saturated rings. The molecule has 0 radical (unpaired) electrons. The highest BCUT2D eigenvalue weighted by Crippen LogP contribution is 2.30. The van der Waals surface area contributed by atoms with Gasteiger partial charge in [0.2, 0.25) is 0 Å². The lowest BCUT2D eigenvalue weighted by molar-refractivity contribution is 0.127. The minimum atomic E-state index is -0.781. The van der Waals surface area contributed by atoms with Crippen LogP contribution in [0.5, 0.6) is 0 Å². The first-order valence-corrected chi connectivity index (χ1v) is 6.60. The van der Waals surface area contributed by atoms with Crippen LogP contribution in [0.25, 0.3) is 0 Å². The van der Waals surface area contributed by atoms with Crippen molar-refractivity contribution in [1.82, 2.24) is 0 Å². The molecule has 0 saturated carbocycles. The fourth-order valence-electron chi connectivity index (χ4n) is 1.86. The summed E-state index contributed by atoms with van der Waals surface area (Å²) in [6.07, 6.45) is 0.615. The predicted molar refractivity (Wildman–Crippen MR) is 73.2 cm³/mol. The van der Waals surface area contributed by atoms with Gasteiger partial charge in [-0.1, -0.05) is 31.5 Å². The van der Waals surface area contributed by atoms with Crippen LogP contribution in [0, 0.1) is 18.7 Å². The molecule has 3 N–H and O–H groups in total. The van der Waals surface area contributed by atoms with E-state index in [2.05, 4.69) is 13.8 Å². The zero-order valence-corrected chi connectivity index (χ0v) is 11.8. The van der Waals surface area contributed by atoms with Gasteiger partial charge in [-0.25, -0.2) is 4.39 Å². The first-order valence-electron chi connectivity index (χ1n) is 6.22. The van der Waals surface area contributed by atoms with Crippen LogP contribution < -0.4 is 5.73 Å². The number of benzene rings is 1. The molecule has 0 spiro atoms. The second-order valence-electron chi connectivity index (χ2n) is 5.16. The van der Waals surface area contributed by atoms with Gasteiger partial charge in [-0.05, 0) is 37.3 Å². The molecule has 0 aromatic heterocycles. The van der Waals surface area contributed by atoms with Crippen molar-refractivity contribution >= 4 is 11.6 Å². The van der Waals surface area contributed by atoms with E-state index in [4.69, 9.17) is 17.3 Å². The summed E-state index contributed by atoms with van der Waals surface area (Å²) in [5.74, 6) is 0.0586. The van der Waals surface area contributed by atoms with E-state index in [1.807, 2.05) is 0 Å². The minimum Gasteiger partial charge on any atom is -0.391 e. The molecule has 1 aromatic carbocycles. The Labute approximate surface area is 113 Å². The zero-order chi connectivity index (χ0) is 13.9. The van der Waals surface area contributed by atoms with E-state index in [1.54, 1.807) is 19.1 Å².